The van der Waals surface area contributed by atoms with Crippen molar-refractivity contribution in [2.75, 3.05) is 5.32 Å². The molecular weight excluding hydrogens is 312 g/mol. The Bertz CT molecular complexity index is 741. The molecule has 0 bridgehead atoms. The van der Waals surface area contributed by atoms with E-state index in [1.165, 1.54) is 0 Å². The quantitative estimate of drug-likeness (QED) is 0.904. The number of carbonyl (C=O) groups excluding carboxylic acids is 1. The van der Waals surface area contributed by atoms with Gasteiger partial charge in [0.1, 0.15) is 0 Å². The van der Waals surface area contributed by atoms with Gasteiger partial charge in [-0.25, -0.2) is 13.6 Å². The fourth-order valence-electron chi connectivity index (χ4n) is 1.72. The number of amides is 1. The van der Waals surface area contributed by atoms with Gasteiger partial charge in [-0.3, -0.25) is 4.79 Å². The Hall–Kier alpha value is -1.89. The molecule has 0 radical (unpaired) electrons. The predicted molar refractivity (Wildman–Crippen MR) is 82.7 cm³/mol. The third-order valence-electron chi connectivity index (χ3n) is 2.69. The SMILES string of the molecule is NS(=O)(=O)Cc1ccc(NC(=O)c2ccc(Cl)cc2)cc1. The van der Waals surface area contributed by atoms with Crippen molar-refractivity contribution < 1.29 is 13.2 Å². The Morgan fingerprint density at radius 2 is 1.62 bits per heavy atom. The second-order valence-corrected chi connectivity index (χ2v) is 6.52. The summed E-state index contributed by atoms with van der Waals surface area (Å²) in [6.45, 7) is 0. The molecule has 7 heteroatoms. The molecule has 2 rings (SSSR count). The minimum Gasteiger partial charge on any atom is -0.322 e. The van der Waals surface area contributed by atoms with Crippen molar-refractivity contribution >= 4 is 33.2 Å². The van der Waals surface area contributed by atoms with E-state index in [0.29, 0.717) is 21.8 Å². The van der Waals surface area contributed by atoms with Crippen LogP contribution in [0.2, 0.25) is 5.02 Å². The molecule has 1 amide bonds. The predicted octanol–water partition coefficient (Wildman–Crippen LogP) is 2.38. The number of nitrogens with two attached hydrogens (primary N) is 1. The van der Waals surface area contributed by atoms with Crippen LogP contribution in [0.15, 0.2) is 48.5 Å². The summed E-state index contributed by atoms with van der Waals surface area (Å²) in [6, 6.07) is 12.9. The molecule has 3 N–H and O–H groups in total. The summed E-state index contributed by atoms with van der Waals surface area (Å²) in [5, 5.41) is 8.23. The zero-order chi connectivity index (χ0) is 15.5. The summed E-state index contributed by atoms with van der Waals surface area (Å²) in [5.74, 6) is -0.510. The number of hydrogen-bond donors (Lipinski definition) is 2. The number of benzene rings is 2. The van der Waals surface area contributed by atoms with Crippen molar-refractivity contribution in [1.82, 2.24) is 0 Å². The maximum atomic E-state index is 12.0. The number of halogens is 1. The lowest BCUT2D eigenvalue weighted by Gasteiger charge is -2.06. The fourth-order valence-corrected chi connectivity index (χ4v) is 2.50. The van der Waals surface area contributed by atoms with Crippen LogP contribution in [0.25, 0.3) is 0 Å². The lowest BCUT2D eigenvalue weighted by atomic mass is 10.2. The van der Waals surface area contributed by atoms with E-state index in [9.17, 15) is 13.2 Å². The molecule has 0 aliphatic rings. The van der Waals surface area contributed by atoms with Crippen LogP contribution >= 0.6 is 11.6 Å². The Balaban J connectivity index is 2.06. The van der Waals surface area contributed by atoms with E-state index in [-0.39, 0.29) is 11.7 Å². The van der Waals surface area contributed by atoms with E-state index in [1.54, 1.807) is 48.5 Å². The first-order valence-electron chi connectivity index (χ1n) is 6.00. The third-order valence-corrected chi connectivity index (χ3v) is 3.67. The Morgan fingerprint density at radius 3 is 2.14 bits per heavy atom. The van der Waals surface area contributed by atoms with Crippen molar-refractivity contribution in [1.29, 1.82) is 0 Å². The van der Waals surface area contributed by atoms with Gasteiger partial charge in [0.25, 0.3) is 5.91 Å². The summed E-state index contributed by atoms with van der Waals surface area (Å²) in [5.41, 5.74) is 1.60. The standard InChI is InChI=1S/C14H13ClN2O3S/c15-12-5-3-11(4-6-12)14(18)17-13-7-1-10(2-8-13)9-21(16,19)20/h1-8H,9H2,(H,17,18)(H2,16,19,20). The zero-order valence-electron chi connectivity index (χ0n) is 10.9. The number of primary sulfonamides is 1. The van der Waals surface area contributed by atoms with E-state index in [2.05, 4.69) is 5.32 Å². The smallest absolute Gasteiger partial charge is 0.255 e. The van der Waals surface area contributed by atoms with Crippen molar-refractivity contribution in [3.05, 3.63) is 64.7 Å². The minimum absolute atomic E-state index is 0.238. The lowest BCUT2D eigenvalue weighted by Crippen LogP contribution is -2.14. The van der Waals surface area contributed by atoms with Crippen molar-refractivity contribution in [3.8, 4) is 0 Å². The highest BCUT2D eigenvalue weighted by Gasteiger charge is 2.07. The topological polar surface area (TPSA) is 89.3 Å². The van der Waals surface area contributed by atoms with Gasteiger partial charge in [0.15, 0.2) is 0 Å². The molecule has 2 aromatic carbocycles. The van der Waals surface area contributed by atoms with Gasteiger partial charge in [0, 0.05) is 16.3 Å². The number of nitrogens with one attached hydrogen (secondary N) is 1. The van der Waals surface area contributed by atoms with E-state index in [4.69, 9.17) is 16.7 Å². The van der Waals surface area contributed by atoms with Gasteiger partial charge < -0.3 is 5.32 Å². The molecule has 0 fully saturated rings. The summed E-state index contributed by atoms with van der Waals surface area (Å²) in [7, 11) is -3.56. The average molecular weight is 325 g/mol. The Labute approximate surface area is 127 Å². The molecule has 5 nitrogen and oxygen atoms in total. The van der Waals surface area contributed by atoms with E-state index < -0.39 is 10.0 Å². The van der Waals surface area contributed by atoms with Crippen LogP contribution in [0.4, 0.5) is 5.69 Å². The largest absolute Gasteiger partial charge is 0.322 e. The summed E-state index contributed by atoms with van der Waals surface area (Å²) >= 11 is 5.76. The van der Waals surface area contributed by atoms with Crippen molar-refractivity contribution in [2.24, 2.45) is 5.14 Å². The van der Waals surface area contributed by atoms with Gasteiger partial charge >= 0.3 is 0 Å². The molecule has 0 heterocycles. The summed E-state index contributed by atoms with van der Waals surface area (Å²) in [4.78, 5) is 12.0. The normalized spacial score (nSPS) is 11.1. The van der Waals surface area contributed by atoms with Gasteiger partial charge in [-0.1, -0.05) is 23.7 Å². The molecule has 0 spiro atoms. The molecule has 0 saturated heterocycles. The number of anilines is 1. The fraction of sp³-hybridized carbons (Fsp3) is 0.0714. The summed E-state index contributed by atoms with van der Waals surface area (Å²) < 4.78 is 21.9. The van der Waals surface area contributed by atoms with E-state index in [0.717, 1.165) is 0 Å². The number of hydrogen-bond acceptors (Lipinski definition) is 3. The van der Waals surface area contributed by atoms with Crippen LogP contribution in [0.5, 0.6) is 0 Å². The second-order valence-electron chi connectivity index (χ2n) is 4.47. The first-order chi connectivity index (χ1) is 9.83. The highest BCUT2D eigenvalue weighted by Crippen LogP contribution is 2.14. The Morgan fingerprint density at radius 1 is 1.05 bits per heavy atom. The lowest BCUT2D eigenvalue weighted by molar-refractivity contribution is 0.102. The molecule has 0 aliphatic heterocycles. The number of carbonyl (C=O) groups is 1. The summed E-state index contributed by atoms with van der Waals surface area (Å²) in [6.07, 6.45) is 0. The van der Waals surface area contributed by atoms with Crippen LogP contribution in [0.3, 0.4) is 0 Å². The molecular formula is C14H13ClN2O3S. The molecule has 0 aliphatic carbocycles. The van der Waals surface area contributed by atoms with Crippen LogP contribution in [0.1, 0.15) is 15.9 Å². The highest BCUT2D eigenvalue weighted by atomic mass is 35.5. The molecule has 110 valence electrons. The van der Waals surface area contributed by atoms with Crippen LogP contribution in [-0.2, 0) is 15.8 Å². The monoisotopic (exact) mass is 324 g/mol. The van der Waals surface area contributed by atoms with Gasteiger partial charge in [0.2, 0.25) is 10.0 Å². The van der Waals surface area contributed by atoms with Crippen LogP contribution < -0.4 is 10.5 Å². The zero-order valence-corrected chi connectivity index (χ0v) is 12.5. The van der Waals surface area contributed by atoms with Gasteiger partial charge in [-0.15, -0.1) is 0 Å². The van der Waals surface area contributed by atoms with Crippen molar-refractivity contribution in [2.45, 2.75) is 5.75 Å². The van der Waals surface area contributed by atoms with Crippen LogP contribution in [-0.4, -0.2) is 14.3 Å². The van der Waals surface area contributed by atoms with Gasteiger partial charge in [-0.2, -0.15) is 0 Å². The minimum atomic E-state index is -3.56. The molecule has 0 saturated carbocycles. The molecule has 21 heavy (non-hydrogen) atoms. The first-order valence-corrected chi connectivity index (χ1v) is 8.09. The second kappa shape index (κ2) is 6.26. The van der Waals surface area contributed by atoms with Gasteiger partial charge in [-0.05, 0) is 42.0 Å². The maximum Gasteiger partial charge on any atom is 0.255 e. The highest BCUT2D eigenvalue weighted by molar-refractivity contribution is 7.88. The number of rotatable bonds is 4. The molecule has 0 unspecified atom stereocenters. The van der Waals surface area contributed by atoms with E-state index in [1.807, 2.05) is 0 Å². The molecule has 0 aromatic heterocycles. The Kier molecular flexibility index (Phi) is 4.62. The molecule has 2 aromatic rings. The average Bonchev–Trinajstić information content (AvgIpc) is 2.40. The van der Waals surface area contributed by atoms with E-state index >= 15 is 0 Å². The third kappa shape index (κ3) is 4.86. The maximum absolute atomic E-state index is 12.0. The van der Waals surface area contributed by atoms with Gasteiger partial charge in [0.05, 0.1) is 5.75 Å². The number of sulfonamides is 1. The molecule has 0 atom stereocenters. The van der Waals surface area contributed by atoms with Crippen LogP contribution in [0, 0.1) is 0 Å². The first kappa shape index (κ1) is 15.5. The van der Waals surface area contributed by atoms with Crippen molar-refractivity contribution in [3.63, 3.8) is 0 Å².